The van der Waals surface area contributed by atoms with Crippen molar-refractivity contribution in [2.45, 2.75) is 20.4 Å². The molecule has 0 atom stereocenters. The second-order valence-corrected chi connectivity index (χ2v) is 5.29. The topological polar surface area (TPSA) is 77.2 Å². The third kappa shape index (κ3) is 3.60. The van der Waals surface area contributed by atoms with Gasteiger partial charge in [0.2, 0.25) is 5.88 Å². The molecule has 122 valence electrons. The molecule has 0 fully saturated rings. The summed E-state index contributed by atoms with van der Waals surface area (Å²) in [7, 11) is 0. The molecule has 0 saturated carbocycles. The summed E-state index contributed by atoms with van der Waals surface area (Å²) in [5.74, 6) is 1.62. The van der Waals surface area contributed by atoms with Crippen LogP contribution in [0, 0.1) is 13.8 Å². The number of carbonyl (C=O) groups is 1. The molecule has 1 N–H and O–H groups in total. The number of benzene rings is 1. The fraction of sp³-hybridized carbons (Fsp3) is 0.167. The Kier molecular flexibility index (Phi) is 4.56. The molecule has 0 saturated heterocycles. The lowest BCUT2D eigenvalue weighted by Gasteiger charge is -2.07. The van der Waals surface area contributed by atoms with E-state index in [1.807, 2.05) is 44.2 Å². The molecule has 1 amide bonds. The average molecular weight is 323 g/mol. The molecule has 1 aromatic carbocycles. The number of hydrogen-bond donors (Lipinski definition) is 1. The Balaban J connectivity index is 1.61. The van der Waals surface area contributed by atoms with Gasteiger partial charge in [0.25, 0.3) is 5.91 Å². The van der Waals surface area contributed by atoms with Gasteiger partial charge in [-0.3, -0.25) is 4.79 Å². The normalized spacial score (nSPS) is 10.4. The summed E-state index contributed by atoms with van der Waals surface area (Å²) in [6.45, 7) is 4.02. The average Bonchev–Trinajstić information content (AvgIpc) is 2.92. The predicted octanol–water partition coefficient (Wildman–Crippen LogP) is 3.41. The molecule has 0 aliphatic rings. The monoisotopic (exact) mass is 323 g/mol. The number of pyridine rings is 1. The Hall–Kier alpha value is -3.15. The van der Waals surface area contributed by atoms with E-state index < -0.39 is 0 Å². The summed E-state index contributed by atoms with van der Waals surface area (Å²) >= 11 is 0. The fourth-order valence-corrected chi connectivity index (χ4v) is 2.21. The lowest BCUT2D eigenvalue weighted by Crippen LogP contribution is -2.23. The van der Waals surface area contributed by atoms with Crippen molar-refractivity contribution >= 4 is 5.91 Å². The van der Waals surface area contributed by atoms with Gasteiger partial charge in [-0.05, 0) is 32.0 Å². The first-order valence-corrected chi connectivity index (χ1v) is 7.52. The van der Waals surface area contributed by atoms with Crippen LogP contribution in [0.1, 0.15) is 27.4 Å². The molecule has 3 rings (SSSR count). The van der Waals surface area contributed by atoms with Crippen LogP contribution in [0.4, 0.5) is 0 Å². The summed E-state index contributed by atoms with van der Waals surface area (Å²) in [6, 6.07) is 12.7. The molecular formula is C18H17N3O3. The SMILES string of the molecule is Cc1noc(C)c1CNC(=O)c1ccc(Oc2ccccc2)nc1. The van der Waals surface area contributed by atoms with Crippen LogP contribution >= 0.6 is 0 Å². The first-order chi connectivity index (χ1) is 11.6. The number of carbonyl (C=O) groups excluding carboxylic acids is 1. The Morgan fingerprint density at radius 2 is 1.96 bits per heavy atom. The molecule has 0 aliphatic heterocycles. The van der Waals surface area contributed by atoms with E-state index >= 15 is 0 Å². The maximum absolute atomic E-state index is 12.2. The van der Waals surface area contributed by atoms with Crippen LogP contribution in [0.3, 0.4) is 0 Å². The van der Waals surface area contributed by atoms with Gasteiger partial charge < -0.3 is 14.6 Å². The third-order valence-corrected chi connectivity index (χ3v) is 3.57. The number of hydrogen-bond acceptors (Lipinski definition) is 5. The molecule has 6 heteroatoms. The maximum atomic E-state index is 12.2. The maximum Gasteiger partial charge on any atom is 0.253 e. The third-order valence-electron chi connectivity index (χ3n) is 3.57. The van der Waals surface area contributed by atoms with E-state index in [4.69, 9.17) is 9.26 Å². The lowest BCUT2D eigenvalue weighted by molar-refractivity contribution is 0.0950. The smallest absolute Gasteiger partial charge is 0.253 e. The highest BCUT2D eigenvalue weighted by Crippen LogP contribution is 2.18. The van der Waals surface area contributed by atoms with Gasteiger partial charge in [0.05, 0.1) is 11.3 Å². The molecule has 0 spiro atoms. The highest BCUT2D eigenvalue weighted by atomic mass is 16.5. The number of aryl methyl sites for hydroxylation is 2. The number of amides is 1. The summed E-state index contributed by atoms with van der Waals surface area (Å²) in [5.41, 5.74) is 2.13. The van der Waals surface area contributed by atoms with Crippen LogP contribution in [0.25, 0.3) is 0 Å². The first-order valence-electron chi connectivity index (χ1n) is 7.52. The highest BCUT2D eigenvalue weighted by Gasteiger charge is 2.12. The van der Waals surface area contributed by atoms with Gasteiger partial charge in [0, 0.05) is 24.4 Å². The van der Waals surface area contributed by atoms with Gasteiger partial charge in [-0.2, -0.15) is 0 Å². The van der Waals surface area contributed by atoms with Gasteiger partial charge in [-0.1, -0.05) is 23.4 Å². The van der Waals surface area contributed by atoms with Crippen molar-refractivity contribution < 1.29 is 14.1 Å². The minimum Gasteiger partial charge on any atom is -0.439 e. The highest BCUT2D eigenvalue weighted by molar-refractivity contribution is 5.93. The molecule has 0 bridgehead atoms. The second-order valence-electron chi connectivity index (χ2n) is 5.29. The number of aromatic nitrogens is 2. The standard InChI is InChI=1S/C18H17N3O3/c1-12-16(13(2)24-21-12)11-20-18(22)14-8-9-17(19-10-14)23-15-6-4-3-5-7-15/h3-10H,11H2,1-2H3,(H,20,22). The molecular weight excluding hydrogens is 306 g/mol. The van der Waals surface area contributed by atoms with Crippen LogP contribution < -0.4 is 10.1 Å². The summed E-state index contributed by atoms with van der Waals surface area (Å²) in [4.78, 5) is 16.4. The van der Waals surface area contributed by atoms with Crippen molar-refractivity contribution in [3.8, 4) is 11.6 Å². The summed E-state index contributed by atoms with van der Waals surface area (Å²) in [5, 5.41) is 6.70. The van der Waals surface area contributed by atoms with Crippen molar-refractivity contribution in [1.29, 1.82) is 0 Å². The minimum atomic E-state index is -0.214. The fourth-order valence-electron chi connectivity index (χ4n) is 2.21. The molecule has 3 aromatic rings. The van der Waals surface area contributed by atoms with E-state index in [-0.39, 0.29) is 5.91 Å². The number of para-hydroxylation sites is 1. The van der Waals surface area contributed by atoms with Crippen LogP contribution in [-0.4, -0.2) is 16.0 Å². The van der Waals surface area contributed by atoms with E-state index in [1.54, 1.807) is 12.1 Å². The summed E-state index contributed by atoms with van der Waals surface area (Å²) < 4.78 is 10.7. The van der Waals surface area contributed by atoms with Crippen LogP contribution in [0.15, 0.2) is 53.2 Å². The Morgan fingerprint density at radius 1 is 1.17 bits per heavy atom. The van der Waals surface area contributed by atoms with E-state index in [9.17, 15) is 4.79 Å². The number of nitrogens with one attached hydrogen (secondary N) is 1. The molecule has 0 unspecified atom stereocenters. The largest absolute Gasteiger partial charge is 0.439 e. The van der Waals surface area contributed by atoms with Crippen molar-refractivity contribution in [3.63, 3.8) is 0 Å². The Labute approximate surface area is 139 Å². The van der Waals surface area contributed by atoms with Gasteiger partial charge in [0.15, 0.2) is 0 Å². The minimum absolute atomic E-state index is 0.214. The van der Waals surface area contributed by atoms with Crippen LogP contribution in [0.2, 0.25) is 0 Å². The summed E-state index contributed by atoms with van der Waals surface area (Å²) in [6.07, 6.45) is 1.49. The van der Waals surface area contributed by atoms with Crippen molar-refractivity contribution in [2.24, 2.45) is 0 Å². The molecule has 0 radical (unpaired) electrons. The number of ether oxygens (including phenoxy) is 1. The first kappa shape index (κ1) is 15.7. The van der Waals surface area contributed by atoms with Gasteiger partial charge in [-0.25, -0.2) is 4.98 Å². The molecule has 2 heterocycles. The van der Waals surface area contributed by atoms with E-state index in [0.717, 1.165) is 11.3 Å². The van der Waals surface area contributed by atoms with E-state index in [1.165, 1.54) is 6.20 Å². The molecule has 2 aromatic heterocycles. The van der Waals surface area contributed by atoms with Crippen molar-refractivity contribution in [1.82, 2.24) is 15.5 Å². The van der Waals surface area contributed by atoms with Crippen LogP contribution in [0.5, 0.6) is 11.6 Å². The van der Waals surface area contributed by atoms with E-state index in [2.05, 4.69) is 15.5 Å². The zero-order valence-electron chi connectivity index (χ0n) is 13.4. The van der Waals surface area contributed by atoms with Gasteiger partial charge in [0.1, 0.15) is 11.5 Å². The second kappa shape index (κ2) is 6.95. The quantitative estimate of drug-likeness (QED) is 0.778. The molecule has 24 heavy (non-hydrogen) atoms. The van der Waals surface area contributed by atoms with Gasteiger partial charge in [-0.15, -0.1) is 0 Å². The Morgan fingerprint density at radius 3 is 2.58 bits per heavy atom. The predicted molar refractivity (Wildman–Crippen MR) is 87.9 cm³/mol. The van der Waals surface area contributed by atoms with Crippen molar-refractivity contribution in [2.75, 3.05) is 0 Å². The lowest BCUT2D eigenvalue weighted by atomic mass is 10.2. The Bertz CT molecular complexity index is 807. The molecule has 6 nitrogen and oxygen atoms in total. The van der Waals surface area contributed by atoms with Gasteiger partial charge >= 0.3 is 0 Å². The van der Waals surface area contributed by atoms with Crippen LogP contribution in [-0.2, 0) is 6.54 Å². The zero-order valence-corrected chi connectivity index (χ0v) is 13.4. The number of rotatable bonds is 5. The van der Waals surface area contributed by atoms with Crippen molar-refractivity contribution in [3.05, 3.63) is 71.2 Å². The number of nitrogens with zero attached hydrogens (tertiary/aromatic N) is 2. The zero-order chi connectivity index (χ0) is 16.9. The molecule has 0 aliphatic carbocycles. The van der Waals surface area contributed by atoms with E-state index in [0.29, 0.717) is 29.5 Å².